The number of unbranched alkanes of at least 4 members (excludes halogenated alkanes) is 43. The summed E-state index contributed by atoms with van der Waals surface area (Å²) >= 11 is 0. The normalized spacial score (nSPS) is 19.7. The zero-order valence-electron chi connectivity index (χ0n) is 49.1. The lowest BCUT2D eigenvalue weighted by Gasteiger charge is -2.40. The molecule has 0 aromatic rings. The number of aliphatic hydroxyl groups excluding tert-OH is 7. The van der Waals surface area contributed by atoms with Gasteiger partial charge in [-0.25, -0.2) is 0 Å². The van der Waals surface area contributed by atoms with Gasteiger partial charge < -0.3 is 50.5 Å². The molecule has 1 aliphatic rings. The molecule has 8 N–H and O–H groups in total. The molecule has 446 valence electrons. The van der Waals surface area contributed by atoms with Crippen molar-refractivity contribution in [3.63, 3.8) is 0 Å². The first-order valence-corrected chi connectivity index (χ1v) is 32.6. The zero-order valence-corrected chi connectivity index (χ0v) is 49.1. The SMILES string of the molecule is CCCCCCCCCCCCCC/C=C\CCCCCCCCC(O)C(=O)NC(COC1OC(CO)C(O)C(O)C1O)C(O)C(O)CCCCCCCCCCCCCCCCCCCCCCCCCCCC. The molecule has 0 radical (unpaired) electrons. The van der Waals surface area contributed by atoms with Gasteiger partial charge in [0, 0.05) is 0 Å². The Bertz CT molecular complexity index is 1220. The van der Waals surface area contributed by atoms with Gasteiger partial charge in [-0.3, -0.25) is 4.79 Å². The first-order valence-electron chi connectivity index (χ1n) is 32.6. The molecule has 1 fully saturated rings. The maximum atomic E-state index is 13.2. The number of ether oxygens (including phenoxy) is 2. The number of hydrogen-bond donors (Lipinski definition) is 8. The van der Waals surface area contributed by atoms with E-state index in [0.717, 1.165) is 51.4 Å². The maximum Gasteiger partial charge on any atom is 0.249 e. The van der Waals surface area contributed by atoms with Crippen molar-refractivity contribution in [2.24, 2.45) is 0 Å². The van der Waals surface area contributed by atoms with E-state index < -0.39 is 74.2 Å². The monoisotopic (exact) mass is 1070 g/mol. The Morgan fingerprint density at radius 2 is 0.773 bits per heavy atom. The van der Waals surface area contributed by atoms with E-state index in [4.69, 9.17) is 9.47 Å². The van der Waals surface area contributed by atoms with Crippen LogP contribution in [-0.4, -0.2) is 110 Å². The molecule has 0 saturated carbocycles. The fourth-order valence-electron chi connectivity index (χ4n) is 10.8. The second-order valence-corrected chi connectivity index (χ2v) is 23.2. The highest BCUT2D eigenvalue weighted by atomic mass is 16.7. The van der Waals surface area contributed by atoms with Crippen LogP contribution in [0.2, 0.25) is 0 Å². The molecule has 75 heavy (non-hydrogen) atoms. The molecule has 9 unspecified atom stereocenters. The number of allylic oxidation sites excluding steroid dienone is 2. The molecule has 0 aromatic heterocycles. The average Bonchev–Trinajstić information content (AvgIpc) is 3.41. The van der Waals surface area contributed by atoms with Crippen LogP contribution in [0.4, 0.5) is 0 Å². The van der Waals surface area contributed by atoms with E-state index in [1.807, 2.05) is 0 Å². The van der Waals surface area contributed by atoms with Crippen LogP contribution in [-0.2, 0) is 14.3 Å². The van der Waals surface area contributed by atoms with E-state index >= 15 is 0 Å². The van der Waals surface area contributed by atoms with E-state index in [0.29, 0.717) is 19.3 Å². The predicted molar refractivity (Wildman–Crippen MR) is 312 cm³/mol. The number of carbonyl (C=O) groups excluding carboxylic acids is 1. The van der Waals surface area contributed by atoms with Crippen LogP contribution in [0.3, 0.4) is 0 Å². The largest absolute Gasteiger partial charge is 0.394 e. The third kappa shape index (κ3) is 41.5. The summed E-state index contributed by atoms with van der Waals surface area (Å²) in [5.74, 6) is -0.695. The van der Waals surface area contributed by atoms with Gasteiger partial charge >= 0.3 is 0 Å². The molecule has 11 nitrogen and oxygen atoms in total. The van der Waals surface area contributed by atoms with E-state index in [1.54, 1.807) is 0 Å². The Balaban J connectivity index is 2.24. The van der Waals surface area contributed by atoms with Gasteiger partial charge in [-0.15, -0.1) is 0 Å². The minimum Gasteiger partial charge on any atom is -0.394 e. The topological polar surface area (TPSA) is 189 Å². The van der Waals surface area contributed by atoms with Crippen LogP contribution in [0.5, 0.6) is 0 Å². The number of rotatable bonds is 57. The van der Waals surface area contributed by atoms with Crippen molar-refractivity contribution < 1.29 is 50.0 Å². The van der Waals surface area contributed by atoms with Gasteiger partial charge in [0.25, 0.3) is 0 Å². The number of carbonyl (C=O) groups is 1. The highest BCUT2D eigenvalue weighted by Crippen LogP contribution is 2.24. The van der Waals surface area contributed by atoms with Crippen molar-refractivity contribution in [3.8, 4) is 0 Å². The Morgan fingerprint density at radius 3 is 1.12 bits per heavy atom. The highest BCUT2D eigenvalue weighted by molar-refractivity contribution is 5.80. The highest BCUT2D eigenvalue weighted by Gasteiger charge is 2.44. The quantitative estimate of drug-likeness (QED) is 0.0215. The van der Waals surface area contributed by atoms with Crippen LogP contribution in [0.15, 0.2) is 12.2 Å². The van der Waals surface area contributed by atoms with Crippen molar-refractivity contribution in [2.75, 3.05) is 13.2 Å². The van der Waals surface area contributed by atoms with Crippen molar-refractivity contribution in [1.29, 1.82) is 0 Å². The van der Waals surface area contributed by atoms with Crippen LogP contribution in [0, 0.1) is 0 Å². The molecule has 1 heterocycles. The first kappa shape index (κ1) is 71.9. The summed E-state index contributed by atoms with van der Waals surface area (Å²) in [6.07, 6.45) is 52.7. The van der Waals surface area contributed by atoms with E-state index in [2.05, 4.69) is 31.3 Å². The summed E-state index contributed by atoms with van der Waals surface area (Å²) in [7, 11) is 0. The van der Waals surface area contributed by atoms with Crippen LogP contribution in [0.25, 0.3) is 0 Å². The number of amides is 1. The fourth-order valence-corrected chi connectivity index (χ4v) is 10.8. The van der Waals surface area contributed by atoms with Crippen LogP contribution >= 0.6 is 0 Å². The molecular formula is C64H125NO10. The Hall–Kier alpha value is -1.15. The molecule has 0 bridgehead atoms. The Labute approximate surface area is 462 Å². The number of aliphatic hydroxyl groups is 7. The molecular weight excluding hydrogens is 943 g/mol. The van der Waals surface area contributed by atoms with E-state index in [1.165, 1.54) is 231 Å². The number of nitrogens with one attached hydrogen (secondary N) is 1. The summed E-state index contributed by atoms with van der Waals surface area (Å²) in [6.45, 7) is 3.51. The second kappa shape index (κ2) is 53.5. The summed E-state index contributed by atoms with van der Waals surface area (Å²) in [6, 6.07) is -1.17. The van der Waals surface area contributed by atoms with Crippen LogP contribution < -0.4 is 5.32 Å². The molecule has 1 rings (SSSR count). The van der Waals surface area contributed by atoms with Gasteiger partial charge in [0.2, 0.25) is 5.91 Å². The van der Waals surface area contributed by atoms with E-state index in [9.17, 15) is 40.5 Å². The van der Waals surface area contributed by atoms with Crippen molar-refractivity contribution >= 4 is 5.91 Å². The minimum atomic E-state index is -1.66. The van der Waals surface area contributed by atoms with Crippen molar-refractivity contribution in [2.45, 2.75) is 377 Å². The third-order valence-electron chi connectivity index (χ3n) is 16.1. The van der Waals surface area contributed by atoms with Gasteiger partial charge in [0.05, 0.1) is 25.4 Å². The van der Waals surface area contributed by atoms with Crippen molar-refractivity contribution in [1.82, 2.24) is 5.32 Å². The Morgan fingerprint density at radius 1 is 0.453 bits per heavy atom. The standard InChI is InChI=1S/C64H125NO10/c1-3-5-7-9-11-13-15-17-19-21-23-25-27-28-29-30-32-33-35-37-39-41-43-45-47-49-51-56(67)59(69)55(54-74-64-62(72)61(71)60(70)58(53-66)75-64)65-63(73)57(68)52-50-48-46-44-42-40-38-36-34-31-26-24-22-20-18-16-14-12-10-8-6-4-2/h34,36,55-62,64,66-72H,3-33,35,37-54H2,1-2H3,(H,65,73)/b36-34-. The molecule has 1 aliphatic heterocycles. The average molecular weight is 1070 g/mol. The van der Waals surface area contributed by atoms with Gasteiger partial charge in [0.1, 0.15) is 36.6 Å². The van der Waals surface area contributed by atoms with Crippen molar-refractivity contribution in [3.05, 3.63) is 12.2 Å². The lowest BCUT2D eigenvalue weighted by molar-refractivity contribution is -0.303. The predicted octanol–water partition coefficient (Wildman–Crippen LogP) is 14.7. The lowest BCUT2D eigenvalue weighted by Crippen LogP contribution is -2.60. The maximum absolute atomic E-state index is 13.2. The molecule has 0 aliphatic carbocycles. The summed E-state index contributed by atoms with van der Waals surface area (Å²) in [4.78, 5) is 13.2. The van der Waals surface area contributed by atoms with Gasteiger partial charge in [0.15, 0.2) is 6.29 Å². The summed E-state index contributed by atoms with van der Waals surface area (Å²) < 4.78 is 11.2. The van der Waals surface area contributed by atoms with Crippen LogP contribution in [0.1, 0.15) is 322 Å². The zero-order chi connectivity index (χ0) is 54.7. The number of hydrogen-bond acceptors (Lipinski definition) is 10. The third-order valence-corrected chi connectivity index (χ3v) is 16.1. The van der Waals surface area contributed by atoms with E-state index in [-0.39, 0.29) is 6.42 Å². The molecule has 1 saturated heterocycles. The Kier molecular flexibility index (Phi) is 51.3. The van der Waals surface area contributed by atoms with Gasteiger partial charge in [-0.2, -0.15) is 0 Å². The molecule has 0 spiro atoms. The second-order valence-electron chi connectivity index (χ2n) is 23.2. The minimum absolute atomic E-state index is 0.256. The lowest BCUT2D eigenvalue weighted by atomic mass is 9.98. The van der Waals surface area contributed by atoms with Gasteiger partial charge in [-0.05, 0) is 38.5 Å². The smallest absolute Gasteiger partial charge is 0.249 e. The molecule has 11 heteroatoms. The molecule has 0 aromatic carbocycles. The first-order chi connectivity index (χ1) is 36.7. The molecule has 1 amide bonds. The summed E-state index contributed by atoms with van der Waals surface area (Å²) in [5, 5.41) is 76.4. The van der Waals surface area contributed by atoms with Gasteiger partial charge in [-0.1, -0.05) is 296 Å². The summed E-state index contributed by atoms with van der Waals surface area (Å²) in [5.41, 5.74) is 0. The molecule has 9 atom stereocenters. The fraction of sp³-hybridized carbons (Fsp3) is 0.953.